The highest BCUT2D eigenvalue weighted by molar-refractivity contribution is 4.82. The first-order valence-corrected chi connectivity index (χ1v) is 5.89. The molecule has 90 valence electrons. The van der Waals surface area contributed by atoms with Crippen LogP contribution in [0.25, 0.3) is 0 Å². The van der Waals surface area contributed by atoms with Gasteiger partial charge < -0.3 is 14.8 Å². The van der Waals surface area contributed by atoms with Gasteiger partial charge in [-0.1, -0.05) is 13.8 Å². The summed E-state index contributed by atoms with van der Waals surface area (Å²) in [6.07, 6.45) is 2.60. The van der Waals surface area contributed by atoms with Gasteiger partial charge >= 0.3 is 0 Å². The van der Waals surface area contributed by atoms with Gasteiger partial charge in [-0.15, -0.1) is 0 Å². The Hall–Kier alpha value is -0.120. The minimum Gasteiger partial charge on any atom is -0.385 e. The van der Waals surface area contributed by atoms with E-state index in [-0.39, 0.29) is 0 Å². The Morgan fingerprint density at radius 2 is 2.20 bits per heavy atom. The van der Waals surface area contributed by atoms with Crippen LogP contribution in [-0.4, -0.2) is 39.0 Å². The van der Waals surface area contributed by atoms with Crippen molar-refractivity contribution in [2.45, 2.75) is 45.8 Å². The van der Waals surface area contributed by atoms with Crippen LogP contribution in [0.5, 0.6) is 0 Å². The molecule has 0 aromatic rings. The van der Waals surface area contributed by atoms with Gasteiger partial charge in [0.2, 0.25) is 0 Å². The van der Waals surface area contributed by atoms with Crippen molar-refractivity contribution >= 4 is 0 Å². The molecule has 0 aliphatic carbocycles. The van der Waals surface area contributed by atoms with Crippen LogP contribution >= 0.6 is 0 Å². The molecule has 1 aliphatic rings. The average molecular weight is 215 g/mol. The molecule has 1 saturated heterocycles. The number of rotatable bonds is 6. The molecule has 3 heteroatoms. The number of methoxy groups -OCH3 is 1. The summed E-state index contributed by atoms with van der Waals surface area (Å²) < 4.78 is 10.6. The molecule has 0 bridgehead atoms. The Bertz CT molecular complexity index is 182. The quantitative estimate of drug-likeness (QED) is 0.733. The Morgan fingerprint density at radius 1 is 1.47 bits per heavy atom. The van der Waals surface area contributed by atoms with Crippen molar-refractivity contribution < 1.29 is 9.47 Å². The molecule has 3 nitrogen and oxygen atoms in total. The normalized spacial score (nSPS) is 27.2. The maximum Gasteiger partial charge on any atom is 0.0700 e. The lowest BCUT2D eigenvalue weighted by Gasteiger charge is -2.27. The molecular weight excluding hydrogens is 190 g/mol. The van der Waals surface area contributed by atoms with Gasteiger partial charge in [-0.05, 0) is 25.2 Å². The summed E-state index contributed by atoms with van der Waals surface area (Å²) in [6, 6.07) is 0.534. The summed E-state index contributed by atoms with van der Waals surface area (Å²) in [5.74, 6) is 0. The SMILES string of the molecule is COCCC(C)(C)CNC1CCOC1C. The van der Waals surface area contributed by atoms with Crippen LogP contribution in [-0.2, 0) is 9.47 Å². The van der Waals surface area contributed by atoms with E-state index in [2.05, 4.69) is 26.1 Å². The van der Waals surface area contributed by atoms with E-state index in [1.165, 1.54) is 0 Å². The van der Waals surface area contributed by atoms with E-state index in [9.17, 15) is 0 Å². The smallest absolute Gasteiger partial charge is 0.0700 e. The Morgan fingerprint density at radius 3 is 2.73 bits per heavy atom. The lowest BCUT2D eigenvalue weighted by atomic mass is 9.89. The molecule has 0 amide bonds. The highest BCUT2D eigenvalue weighted by Gasteiger charge is 2.26. The van der Waals surface area contributed by atoms with Crippen LogP contribution in [0.2, 0.25) is 0 Å². The fourth-order valence-corrected chi connectivity index (χ4v) is 1.87. The molecule has 1 fully saturated rings. The Kier molecular flexibility index (Phi) is 5.03. The third-order valence-electron chi connectivity index (χ3n) is 3.20. The molecule has 15 heavy (non-hydrogen) atoms. The number of hydrogen-bond acceptors (Lipinski definition) is 3. The predicted molar refractivity (Wildman–Crippen MR) is 62.1 cm³/mol. The minimum absolute atomic E-state index is 0.304. The summed E-state index contributed by atoms with van der Waals surface area (Å²) in [4.78, 5) is 0. The fraction of sp³-hybridized carbons (Fsp3) is 1.00. The summed E-state index contributed by atoms with van der Waals surface area (Å²) in [7, 11) is 1.76. The van der Waals surface area contributed by atoms with E-state index in [1.54, 1.807) is 7.11 Å². The molecule has 1 N–H and O–H groups in total. The van der Waals surface area contributed by atoms with Gasteiger partial charge in [0.15, 0.2) is 0 Å². The summed E-state index contributed by atoms with van der Waals surface area (Å²) >= 11 is 0. The summed E-state index contributed by atoms with van der Waals surface area (Å²) in [5.41, 5.74) is 0.304. The molecule has 0 aromatic carbocycles. The zero-order valence-corrected chi connectivity index (χ0v) is 10.5. The largest absolute Gasteiger partial charge is 0.385 e. The van der Waals surface area contributed by atoms with Gasteiger partial charge in [-0.25, -0.2) is 0 Å². The van der Waals surface area contributed by atoms with E-state index in [1.807, 2.05) is 0 Å². The van der Waals surface area contributed by atoms with Gasteiger partial charge in [-0.2, -0.15) is 0 Å². The molecule has 0 saturated carbocycles. The van der Waals surface area contributed by atoms with Gasteiger partial charge in [0.05, 0.1) is 6.10 Å². The van der Waals surface area contributed by atoms with Crippen LogP contribution < -0.4 is 5.32 Å². The van der Waals surface area contributed by atoms with Crippen molar-refractivity contribution in [2.24, 2.45) is 5.41 Å². The third-order valence-corrected chi connectivity index (χ3v) is 3.20. The molecule has 1 aliphatic heterocycles. The monoisotopic (exact) mass is 215 g/mol. The molecule has 1 rings (SSSR count). The maximum atomic E-state index is 5.52. The lowest BCUT2D eigenvalue weighted by molar-refractivity contribution is 0.107. The average Bonchev–Trinajstić information content (AvgIpc) is 2.58. The molecule has 2 atom stereocenters. The predicted octanol–water partition coefficient (Wildman–Crippen LogP) is 1.82. The maximum absolute atomic E-state index is 5.52. The zero-order valence-electron chi connectivity index (χ0n) is 10.5. The van der Waals surface area contributed by atoms with E-state index in [4.69, 9.17) is 9.47 Å². The first-order valence-electron chi connectivity index (χ1n) is 5.89. The molecule has 2 unspecified atom stereocenters. The topological polar surface area (TPSA) is 30.5 Å². The van der Waals surface area contributed by atoms with Crippen molar-refractivity contribution in [2.75, 3.05) is 26.9 Å². The van der Waals surface area contributed by atoms with Crippen molar-refractivity contribution in [3.8, 4) is 0 Å². The Balaban J connectivity index is 2.22. The minimum atomic E-state index is 0.304. The van der Waals surface area contributed by atoms with Gasteiger partial charge in [0.1, 0.15) is 0 Å². The van der Waals surface area contributed by atoms with Crippen molar-refractivity contribution in [1.82, 2.24) is 5.32 Å². The van der Waals surface area contributed by atoms with Gasteiger partial charge in [0, 0.05) is 32.9 Å². The first-order chi connectivity index (χ1) is 7.05. The molecule has 0 radical (unpaired) electrons. The van der Waals surface area contributed by atoms with Gasteiger partial charge in [-0.3, -0.25) is 0 Å². The van der Waals surface area contributed by atoms with E-state index >= 15 is 0 Å². The molecule has 0 aromatic heterocycles. The zero-order chi connectivity index (χ0) is 11.3. The summed E-state index contributed by atoms with van der Waals surface area (Å²) in [5, 5.41) is 3.60. The fourth-order valence-electron chi connectivity index (χ4n) is 1.87. The second kappa shape index (κ2) is 5.83. The first kappa shape index (κ1) is 12.9. The molecule has 0 spiro atoms. The number of nitrogens with one attached hydrogen (secondary N) is 1. The van der Waals surface area contributed by atoms with E-state index < -0.39 is 0 Å². The van der Waals surface area contributed by atoms with Crippen LogP contribution in [0.4, 0.5) is 0 Å². The molecular formula is C12H25NO2. The Labute approximate surface area is 93.5 Å². The van der Waals surface area contributed by atoms with Crippen LogP contribution in [0.15, 0.2) is 0 Å². The standard InChI is InChI=1S/C12H25NO2/c1-10-11(5-7-15-10)13-9-12(2,3)6-8-14-4/h10-11,13H,5-9H2,1-4H3. The van der Waals surface area contributed by atoms with Crippen molar-refractivity contribution in [1.29, 1.82) is 0 Å². The lowest BCUT2D eigenvalue weighted by Crippen LogP contribution is -2.40. The number of hydrogen-bond donors (Lipinski definition) is 1. The summed E-state index contributed by atoms with van der Waals surface area (Å²) in [6.45, 7) is 9.48. The van der Waals surface area contributed by atoms with E-state index in [0.29, 0.717) is 17.6 Å². The van der Waals surface area contributed by atoms with Crippen molar-refractivity contribution in [3.63, 3.8) is 0 Å². The number of ether oxygens (including phenoxy) is 2. The van der Waals surface area contributed by atoms with Crippen LogP contribution in [0.1, 0.15) is 33.6 Å². The van der Waals surface area contributed by atoms with Crippen LogP contribution in [0, 0.1) is 5.41 Å². The molecule has 1 heterocycles. The third kappa shape index (κ3) is 4.49. The van der Waals surface area contributed by atoms with Crippen molar-refractivity contribution in [3.05, 3.63) is 0 Å². The van der Waals surface area contributed by atoms with Crippen LogP contribution in [0.3, 0.4) is 0 Å². The van der Waals surface area contributed by atoms with Gasteiger partial charge in [0.25, 0.3) is 0 Å². The second-order valence-electron chi connectivity index (χ2n) is 5.26. The highest BCUT2D eigenvalue weighted by Crippen LogP contribution is 2.21. The highest BCUT2D eigenvalue weighted by atomic mass is 16.5. The second-order valence-corrected chi connectivity index (χ2v) is 5.26. The van der Waals surface area contributed by atoms with E-state index in [0.717, 1.165) is 32.6 Å².